The van der Waals surface area contributed by atoms with Gasteiger partial charge in [0.25, 0.3) is 0 Å². The number of ether oxygens (including phenoxy) is 1. The summed E-state index contributed by atoms with van der Waals surface area (Å²) in [5, 5.41) is 9.32. The van der Waals surface area contributed by atoms with E-state index >= 15 is 0 Å². The normalized spacial score (nSPS) is 10.6. The molecule has 0 spiro atoms. The van der Waals surface area contributed by atoms with Crippen molar-refractivity contribution in [1.82, 2.24) is 4.90 Å². The summed E-state index contributed by atoms with van der Waals surface area (Å²) in [6.45, 7) is 3.06. The topological polar surface area (TPSA) is 49.8 Å². The Bertz CT molecular complexity index is 418. The van der Waals surface area contributed by atoms with Crippen LogP contribution in [0.4, 0.5) is 0 Å². The molecule has 17 heavy (non-hydrogen) atoms. The Morgan fingerprint density at radius 1 is 1.47 bits per heavy atom. The van der Waals surface area contributed by atoms with Crippen molar-refractivity contribution in [2.75, 3.05) is 27.2 Å². The van der Waals surface area contributed by atoms with Crippen LogP contribution in [0.2, 0.25) is 5.02 Å². The summed E-state index contributed by atoms with van der Waals surface area (Å²) < 4.78 is 5.53. The second kappa shape index (κ2) is 5.89. The Hall–Kier alpha value is -1.26. The first-order valence-corrected chi connectivity index (χ1v) is 5.60. The highest BCUT2D eigenvalue weighted by molar-refractivity contribution is 6.31. The zero-order valence-corrected chi connectivity index (χ0v) is 10.9. The van der Waals surface area contributed by atoms with Gasteiger partial charge >= 0.3 is 5.97 Å². The van der Waals surface area contributed by atoms with Gasteiger partial charge in [-0.15, -0.1) is 0 Å². The molecule has 0 radical (unpaired) electrons. The van der Waals surface area contributed by atoms with E-state index in [0.717, 1.165) is 12.1 Å². The van der Waals surface area contributed by atoms with E-state index in [1.54, 1.807) is 6.92 Å². The summed E-state index contributed by atoms with van der Waals surface area (Å²) >= 11 is 5.95. The number of rotatable bonds is 5. The molecule has 0 aliphatic carbocycles. The first-order chi connectivity index (χ1) is 7.91. The minimum absolute atomic E-state index is 0.139. The monoisotopic (exact) mass is 257 g/mol. The van der Waals surface area contributed by atoms with Crippen LogP contribution in [-0.2, 0) is 0 Å². The minimum Gasteiger partial charge on any atom is -0.492 e. The number of hydrogen-bond acceptors (Lipinski definition) is 3. The SMILES string of the molecule is Cc1c(Cl)cc(C(=O)O)cc1OCCN(C)C. The van der Waals surface area contributed by atoms with Crippen molar-refractivity contribution in [1.29, 1.82) is 0 Å². The Morgan fingerprint density at radius 3 is 2.65 bits per heavy atom. The molecule has 0 fully saturated rings. The number of halogens is 1. The van der Waals surface area contributed by atoms with Crippen molar-refractivity contribution in [2.45, 2.75) is 6.92 Å². The second-order valence-electron chi connectivity index (χ2n) is 4.04. The lowest BCUT2D eigenvalue weighted by atomic mass is 10.1. The summed E-state index contributed by atoms with van der Waals surface area (Å²) in [6.07, 6.45) is 0. The van der Waals surface area contributed by atoms with Gasteiger partial charge in [0, 0.05) is 17.1 Å². The Balaban J connectivity index is 2.86. The third kappa shape index (κ3) is 3.91. The number of carbonyl (C=O) groups is 1. The molecule has 0 aliphatic rings. The number of hydrogen-bond donors (Lipinski definition) is 1. The Kier molecular flexibility index (Phi) is 4.78. The molecule has 0 heterocycles. The molecule has 0 aromatic heterocycles. The molecule has 0 unspecified atom stereocenters. The minimum atomic E-state index is -1.01. The van der Waals surface area contributed by atoms with Gasteiger partial charge in [0.1, 0.15) is 12.4 Å². The van der Waals surface area contributed by atoms with Crippen LogP contribution >= 0.6 is 11.6 Å². The van der Waals surface area contributed by atoms with Gasteiger partial charge in [-0.1, -0.05) is 11.6 Å². The third-order valence-corrected chi connectivity index (χ3v) is 2.73. The lowest BCUT2D eigenvalue weighted by Crippen LogP contribution is -2.19. The summed E-state index contributed by atoms with van der Waals surface area (Å²) in [5.41, 5.74) is 0.899. The molecule has 0 saturated carbocycles. The number of carboxylic acid groups (broad SMARTS) is 1. The third-order valence-electron chi connectivity index (χ3n) is 2.34. The van der Waals surface area contributed by atoms with E-state index in [-0.39, 0.29) is 5.56 Å². The van der Waals surface area contributed by atoms with E-state index in [4.69, 9.17) is 21.4 Å². The molecule has 5 heteroatoms. The maximum atomic E-state index is 10.9. The number of aromatic carboxylic acids is 1. The number of likely N-dealkylation sites (N-methyl/N-ethyl adjacent to an activating group) is 1. The highest BCUT2D eigenvalue weighted by Gasteiger charge is 2.11. The molecule has 4 nitrogen and oxygen atoms in total. The van der Waals surface area contributed by atoms with Gasteiger partial charge in [0.05, 0.1) is 5.56 Å². The zero-order chi connectivity index (χ0) is 13.0. The number of carboxylic acids is 1. The second-order valence-corrected chi connectivity index (χ2v) is 4.45. The molecular weight excluding hydrogens is 242 g/mol. The molecule has 1 aromatic rings. The lowest BCUT2D eigenvalue weighted by molar-refractivity contribution is 0.0696. The molecule has 1 aromatic carbocycles. The van der Waals surface area contributed by atoms with Gasteiger partial charge < -0.3 is 14.7 Å². The average molecular weight is 258 g/mol. The molecule has 1 rings (SSSR count). The highest BCUT2D eigenvalue weighted by atomic mass is 35.5. The van der Waals surface area contributed by atoms with Gasteiger partial charge in [0.15, 0.2) is 0 Å². The van der Waals surface area contributed by atoms with Gasteiger partial charge in [0.2, 0.25) is 0 Å². The van der Waals surface area contributed by atoms with Crippen molar-refractivity contribution in [2.24, 2.45) is 0 Å². The van der Waals surface area contributed by atoms with E-state index in [1.165, 1.54) is 12.1 Å². The predicted molar refractivity (Wildman–Crippen MR) is 67.2 cm³/mol. The number of benzene rings is 1. The fourth-order valence-electron chi connectivity index (χ4n) is 1.27. The van der Waals surface area contributed by atoms with Gasteiger partial charge in [-0.2, -0.15) is 0 Å². The van der Waals surface area contributed by atoms with E-state index in [1.807, 2.05) is 19.0 Å². The van der Waals surface area contributed by atoms with Crippen LogP contribution in [0, 0.1) is 6.92 Å². The lowest BCUT2D eigenvalue weighted by Gasteiger charge is -2.14. The van der Waals surface area contributed by atoms with E-state index in [2.05, 4.69) is 0 Å². The van der Waals surface area contributed by atoms with Crippen LogP contribution in [0.1, 0.15) is 15.9 Å². The predicted octanol–water partition coefficient (Wildman–Crippen LogP) is 2.29. The highest BCUT2D eigenvalue weighted by Crippen LogP contribution is 2.27. The van der Waals surface area contributed by atoms with Crippen LogP contribution in [0.15, 0.2) is 12.1 Å². The molecule has 94 valence electrons. The summed E-state index contributed by atoms with van der Waals surface area (Å²) in [4.78, 5) is 12.9. The molecule has 0 bridgehead atoms. The van der Waals surface area contributed by atoms with Crippen LogP contribution in [-0.4, -0.2) is 43.2 Å². The maximum Gasteiger partial charge on any atom is 0.335 e. The Labute approximate surface area is 106 Å². The fourth-order valence-corrected chi connectivity index (χ4v) is 1.48. The first kappa shape index (κ1) is 13.8. The summed E-state index contributed by atoms with van der Waals surface area (Å²) in [5.74, 6) is -0.485. The van der Waals surface area contributed by atoms with Crippen molar-refractivity contribution in [3.8, 4) is 5.75 Å². The van der Waals surface area contributed by atoms with E-state index < -0.39 is 5.97 Å². The van der Waals surface area contributed by atoms with E-state index in [0.29, 0.717) is 17.4 Å². The van der Waals surface area contributed by atoms with Crippen LogP contribution in [0.3, 0.4) is 0 Å². The Morgan fingerprint density at radius 2 is 2.12 bits per heavy atom. The van der Waals surface area contributed by atoms with Crippen molar-refractivity contribution in [3.63, 3.8) is 0 Å². The molecule has 1 N–H and O–H groups in total. The quantitative estimate of drug-likeness (QED) is 0.879. The van der Waals surface area contributed by atoms with Crippen LogP contribution < -0.4 is 4.74 Å². The van der Waals surface area contributed by atoms with Gasteiger partial charge in [-0.25, -0.2) is 4.79 Å². The standard InChI is InChI=1S/C12H16ClNO3/c1-8-10(13)6-9(12(15)16)7-11(8)17-5-4-14(2)3/h6-7H,4-5H2,1-3H3,(H,15,16). The van der Waals surface area contributed by atoms with Gasteiger partial charge in [-0.3, -0.25) is 0 Å². The molecule has 0 amide bonds. The summed E-state index contributed by atoms with van der Waals surface area (Å²) in [6, 6.07) is 2.93. The summed E-state index contributed by atoms with van der Waals surface area (Å²) in [7, 11) is 3.88. The van der Waals surface area contributed by atoms with Crippen molar-refractivity contribution in [3.05, 3.63) is 28.3 Å². The zero-order valence-electron chi connectivity index (χ0n) is 10.2. The smallest absolute Gasteiger partial charge is 0.335 e. The fraction of sp³-hybridized carbons (Fsp3) is 0.417. The average Bonchev–Trinajstić information content (AvgIpc) is 2.23. The first-order valence-electron chi connectivity index (χ1n) is 5.22. The largest absolute Gasteiger partial charge is 0.492 e. The van der Waals surface area contributed by atoms with Gasteiger partial charge in [-0.05, 0) is 33.2 Å². The molecule has 0 saturated heterocycles. The van der Waals surface area contributed by atoms with Crippen LogP contribution in [0.5, 0.6) is 5.75 Å². The van der Waals surface area contributed by atoms with Crippen LogP contribution in [0.25, 0.3) is 0 Å². The maximum absolute atomic E-state index is 10.9. The molecule has 0 aliphatic heterocycles. The van der Waals surface area contributed by atoms with Crippen molar-refractivity contribution >= 4 is 17.6 Å². The van der Waals surface area contributed by atoms with Crippen molar-refractivity contribution < 1.29 is 14.6 Å². The van der Waals surface area contributed by atoms with E-state index in [9.17, 15) is 4.79 Å². The molecule has 0 atom stereocenters. The number of nitrogens with zero attached hydrogens (tertiary/aromatic N) is 1. The molecular formula is C12H16ClNO3.